The number of nitrogens with one attached hydrogen (secondary N) is 1. The van der Waals surface area contributed by atoms with Crippen LogP contribution < -0.4 is 4.18 Å². The number of benzene rings is 10. The summed E-state index contributed by atoms with van der Waals surface area (Å²) in [6.07, 6.45) is 0. The van der Waals surface area contributed by atoms with Crippen molar-refractivity contribution in [1.29, 1.82) is 0 Å². The lowest BCUT2D eigenvalue weighted by Crippen LogP contribution is -2.10. The van der Waals surface area contributed by atoms with E-state index < -0.39 is 10.1 Å². The Labute approximate surface area is 341 Å². The number of rotatable bonds is 7. The number of imidazole rings is 1. The van der Waals surface area contributed by atoms with Gasteiger partial charge in [-0.1, -0.05) is 158 Å². The third-order valence-corrected chi connectivity index (χ3v) is 12.6. The number of fused-ring (bicyclic) bond motifs is 5. The molecule has 0 spiro atoms. The molecule has 5 nitrogen and oxygen atoms in total. The number of hydrogen-bond donors (Lipinski definition) is 1. The van der Waals surface area contributed by atoms with Crippen LogP contribution in [0, 0.1) is 0 Å². The normalized spacial score (nSPS) is 11.9. The molecule has 6 heteroatoms. The van der Waals surface area contributed by atoms with Crippen LogP contribution in [0.2, 0.25) is 0 Å². The van der Waals surface area contributed by atoms with Crippen molar-refractivity contribution in [3.63, 3.8) is 0 Å². The lowest BCUT2D eigenvalue weighted by molar-refractivity contribution is 0.487. The van der Waals surface area contributed by atoms with Crippen LogP contribution in [0.5, 0.6) is 5.75 Å². The summed E-state index contributed by atoms with van der Waals surface area (Å²) >= 11 is 0. The number of aromatic nitrogens is 2. The maximum absolute atomic E-state index is 13.4. The van der Waals surface area contributed by atoms with Crippen molar-refractivity contribution in [1.82, 2.24) is 9.97 Å². The summed E-state index contributed by atoms with van der Waals surface area (Å²) in [7, 11) is -4.12. The van der Waals surface area contributed by atoms with Gasteiger partial charge in [-0.25, -0.2) is 4.98 Å². The Morgan fingerprint density at radius 2 is 0.932 bits per heavy atom. The van der Waals surface area contributed by atoms with Gasteiger partial charge in [-0.2, -0.15) is 8.42 Å². The second-order valence-electron chi connectivity index (χ2n) is 14.8. The Kier molecular flexibility index (Phi) is 8.13. The molecule has 1 N–H and O–H groups in total. The fraction of sp³-hybridized carbons (Fsp3) is 0. The SMILES string of the molecule is O=S(=O)(Oc1ccccc1)c1cccc2nc(-c3ccc(-c4ccc5c(-c6ccc7ccccc7c6)c6ccccc6c(-c6ccc7ccccc7c6)c5c4)cc3)[nH]c12. The van der Waals surface area contributed by atoms with Gasteiger partial charge in [0.15, 0.2) is 0 Å². The molecule has 11 rings (SSSR count). The van der Waals surface area contributed by atoms with Crippen LogP contribution in [0.1, 0.15) is 0 Å². The van der Waals surface area contributed by atoms with E-state index in [-0.39, 0.29) is 10.6 Å². The molecule has 280 valence electrons. The minimum absolute atomic E-state index is 0.0307. The summed E-state index contributed by atoms with van der Waals surface area (Å²) in [5.41, 5.74) is 8.67. The Hall–Kier alpha value is -7.54. The summed E-state index contributed by atoms with van der Waals surface area (Å²) in [6, 6.07) is 68.0. The second-order valence-corrected chi connectivity index (χ2v) is 16.4. The molecule has 0 aliphatic heterocycles. The van der Waals surface area contributed by atoms with E-state index in [4.69, 9.17) is 9.17 Å². The molecule has 59 heavy (non-hydrogen) atoms. The number of para-hydroxylation sites is 2. The first-order valence-corrected chi connectivity index (χ1v) is 20.9. The van der Waals surface area contributed by atoms with E-state index in [1.807, 2.05) is 12.1 Å². The smallest absolute Gasteiger partial charge is 0.341 e. The second kappa shape index (κ2) is 13.8. The van der Waals surface area contributed by atoms with Crippen molar-refractivity contribution in [2.75, 3.05) is 0 Å². The molecule has 0 fully saturated rings. The Morgan fingerprint density at radius 1 is 0.407 bits per heavy atom. The first-order chi connectivity index (χ1) is 29.0. The fourth-order valence-corrected chi connectivity index (χ4v) is 9.59. The molecule has 1 heterocycles. The predicted molar refractivity (Wildman–Crippen MR) is 242 cm³/mol. The maximum Gasteiger partial charge on any atom is 0.341 e. The van der Waals surface area contributed by atoms with Crippen LogP contribution >= 0.6 is 0 Å². The van der Waals surface area contributed by atoms with Gasteiger partial charge in [-0.3, -0.25) is 0 Å². The predicted octanol–water partition coefficient (Wildman–Crippen LogP) is 13.6. The Balaban J connectivity index is 1.05. The van der Waals surface area contributed by atoms with Gasteiger partial charge in [-0.15, -0.1) is 0 Å². The molecular weight excluding hydrogens is 745 g/mol. The molecule has 0 aliphatic rings. The van der Waals surface area contributed by atoms with E-state index in [0.29, 0.717) is 16.9 Å². The van der Waals surface area contributed by atoms with E-state index in [1.54, 1.807) is 42.5 Å². The molecule has 0 amide bonds. The maximum atomic E-state index is 13.4. The van der Waals surface area contributed by atoms with Gasteiger partial charge < -0.3 is 9.17 Å². The van der Waals surface area contributed by atoms with Crippen molar-refractivity contribution < 1.29 is 12.6 Å². The van der Waals surface area contributed by atoms with Gasteiger partial charge >= 0.3 is 10.1 Å². The van der Waals surface area contributed by atoms with Crippen LogP contribution in [0.4, 0.5) is 0 Å². The molecule has 0 radical (unpaired) electrons. The van der Waals surface area contributed by atoms with Crippen LogP contribution in [-0.4, -0.2) is 18.4 Å². The third kappa shape index (κ3) is 6.09. The molecule has 0 bridgehead atoms. The summed E-state index contributed by atoms with van der Waals surface area (Å²) < 4.78 is 32.2. The van der Waals surface area contributed by atoms with Gasteiger partial charge in [0.1, 0.15) is 16.5 Å². The van der Waals surface area contributed by atoms with Gasteiger partial charge in [0.2, 0.25) is 0 Å². The quantitative estimate of drug-likeness (QED) is 0.129. The lowest BCUT2D eigenvalue weighted by Gasteiger charge is -2.19. The molecule has 10 aromatic carbocycles. The zero-order valence-corrected chi connectivity index (χ0v) is 32.4. The van der Waals surface area contributed by atoms with Crippen molar-refractivity contribution in [2.24, 2.45) is 0 Å². The first-order valence-electron chi connectivity index (χ1n) is 19.5. The molecule has 0 atom stereocenters. The summed E-state index contributed by atoms with van der Waals surface area (Å²) in [6.45, 7) is 0. The molecule has 1 aromatic heterocycles. The van der Waals surface area contributed by atoms with Crippen molar-refractivity contribution in [3.8, 4) is 50.5 Å². The molecule has 0 aliphatic carbocycles. The van der Waals surface area contributed by atoms with E-state index in [0.717, 1.165) is 16.7 Å². The van der Waals surface area contributed by atoms with Crippen LogP contribution in [0.15, 0.2) is 205 Å². The minimum Gasteiger partial charge on any atom is -0.379 e. The highest BCUT2D eigenvalue weighted by molar-refractivity contribution is 7.87. The first kappa shape index (κ1) is 34.7. The largest absolute Gasteiger partial charge is 0.379 e. The highest BCUT2D eigenvalue weighted by atomic mass is 32.2. The van der Waals surface area contributed by atoms with Gasteiger partial charge in [-0.05, 0) is 119 Å². The standard InChI is InChI=1S/C53H34N2O3S/c56-59(57,58-43-15-2-1-3-16-43)49-20-10-19-48-52(49)55-53(54-48)37-25-21-36(22-26-37)40-29-30-46-47(33-40)51(42-28-24-35-12-5-7-14-39(35)32-42)45-18-9-8-17-44(45)50(46)41-27-23-34-11-4-6-13-38(34)31-41/h1-33H,(H,54,55). The van der Waals surface area contributed by atoms with Crippen molar-refractivity contribution in [2.45, 2.75) is 4.90 Å². The van der Waals surface area contributed by atoms with Gasteiger partial charge in [0.05, 0.1) is 11.0 Å². The van der Waals surface area contributed by atoms with Crippen molar-refractivity contribution >= 4 is 64.2 Å². The molecule has 0 unspecified atom stereocenters. The highest BCUT2D eigenvalue weighted by Crippen LogP contribution is 2.46. The van der Waals surface area contributed by atoms with Crippen molar-refractivity contribution in [3.05, 3.63) is 200 Å². The third-order valence-electron chi connectivity index (χ3n) is 11.3. The Morgan fingerprint density at radius 3 is 1.59 bits per heavy atom. The Bertz CT molecular complexity index is 3540. The zero-order chi connectivity index (χ0) is 39.5. The van der Waals surface area contributed by atoms with E-state index in [1.165, 1.54) is 71.4 Å². The van der Waals surface area contributed by atoms with E-state index >= 15 is 0 Å². The number of aromatic amines is 1. The van der Waals surface area contributed by atoms with E-state index in [2.05, 4.69) is 145 Å². The van der Waals surface area contributed by atoms with E-state index in [9.17, 15) is 8.42 Å². The van der Waals surface area contributed by atoms with Crippen LogP contribution in [0.3, 0.4) is 0 Å². The molecule has 0 saturated carbocycles. The van der Waals surface area contributed by atoms with Gasteiger partial charge in [0, 0.05) is 5.56 Å². The molecular formula is C53H34N2O3S. The topological polar surface area (TPSA) is 72.1 Å². The van der Waals surface area contributed by atoms with Crippen LogP contribution in [0.25, 0.3) is 98.9 Å². The molecule has 0 saturated heterocycles. The number of hydrogen-bond acceptors (Lipinski definition) is 4. The zero-order valence-electron chi connectivity index (χ0n) is 31.6. The summed E-state index contributed by atoms with van der Waals surface area (Å²) in [5, 5.41) is 9.61. The summed E-state index contributed by atoms with van der Waals surface area (Å²) in [5.74, 6) is 0.813. The number of nitrogens with zero attached hydrogens (tertiary/aromatic N) is 1. The highest BCUT2D eigenvalue weighted by Gasteiger charge is 2.23. The average molecular weight is 779 g/mol. The minimum atomic E-state index is -4.12. The van der Waals surface area contributed by atoms with Gasteiger partial charge in [0.25, 0.3) is 0 Å². The average Bonchev–Trinajstić information content (AvgIpc) is 3.73. The monoisotopic (exact) mass is 778 g/mol. The fourth-order valence-electron chi connectivity index (χ4n) is 8.49. The molecule has 11 aromatic rings. The van der Waals surface area contributed by atoms with Crippen LogP contribution in [-0.2, 0) is 10.1 Å². The lowest BCUT2D eigenvalue weighted by atomic mass is 9.84. The number of H-pyrrole nitrogens is 1. The summed E-state index contributed by atoms with van der Waals surface area (Å²) in [4.78, 5) is 8.09.